The van der Waals surface area contributed by atoms with Gasteiger partial charge in [0.15, 0.2) is 6.10 Å². The van der Waals surface area contributed by atoms with Crippen LogP contribution in [0.15, 0.2) is 36.5 Å². The molecule has 0 N–H and O–H groups in total. The number of unbranched alkanes of at least 4 members (excludes halogenated alkanes) is 50. The highest BCUT2D eigenvalue weighted by Gasteiger charge is 2.19. The molecule has 1 unspecified atom stereocenters. The normalized spacial score (nSPS) is 12.2. The van der Waals surface area contributed by atoms with Gasteiger partial charge >= 0.3 is 17.9 Å². The molecule has 0 aromatic carbocycles. The van der Waals surface area contributed by atoms with Crippen molar-refractivity contribution in [3.05, 3.63) is 36.5 Å². The van der Waals surface area contributed by atoms with E-state index in [9.17, 15) is 14.4 Å². The number of allylic oxidation sites excluding steroid dienone is 6. The van der Waals surface area contributed by atoms with E-state index in [-0.39, 0.29) is 31.1 Å². The number of hydrogen-bond acceptors (Lipinski definition) is 6. The minimum absolute atomic E-state index is 0.0702. The second kappa shape index (κ2) is 69.1. The molecule has 6 nitrogen and oxygen atoms in total. The predicted molar refractivity (Wildman–Crippen MR) is 349 cm³/mol. The van der Waals surface area contributed by atoms with Crippen molar-refractivity contribution in [2.45, 2.75) is 406 Å². The summed E-state index contributed by atoms with van der Waals surface area (Å²) in [5, 5.41) is 0. The van der Waals surface area contributed by atoms with E-state index in [2.05, 4.69) is 57.2 Å². The predicted octanol–water partition coefficient (Wildman–Crippen LogP) is 24.7. The molecule has 0 aromatic heterocycles. The van der Waals surface area contributed by atoms with Crippen molar-refractivity contribution in [2.24, 2.45) is 0 Å². The number of hydrogen-bond donors (Lipinski definition) is 0. The molecule has 0 saturated carbocycles. The summed E-state index contributed by atoms with van der Waals surface area (Å²) in [5.74, 6) is -0.848. The molecule has 470 valence electrons. The Bertz CT molecular complexity index is 1340. The van der Waals surface area contributed by atoms with Crippen LogP contribution in [0.4, 0.5) is 0 Å². The van der Waals surface area contributed by atoms with Crippen molar-refractivity contribution >= 4 is 17.9 Å². The molecule has 0 aromatic rings. The average Bonchev–Trinajstić information content (AvgIpc) is 3.46. The number of rotatable bonds is 67. The molecule has 0 heterocycles. The SMILES string of the molecule is CCCCC/C=C\C/C=C\CCCCCCCCCC(=O)OCC(COC(=O)CCCCCCCCCCCCC/C=C\CCCCCCCCCC)OC(=O)CCCCCCCCCCCCCCCCCCCCCCCC. The molecule has 80 heavy (non-hydrogen) atoms. The molecule has 0 aliphatic heterocycles. The lowest BCUT2D eigenvalue weighted by atomic mass is 10.0. The molecule has 0 bridgehead atoms. The fraction of sp³-hybridized carbons (Fsp3) is 0.878. The molecule has 0 spiro atoms. The third-order valence-electron chi connectivity index (χ3n) is 16.4. The molecule has 6 heteroatoms. The molecule has 0 fully saturated rings. The average molecular weight is 1120 g/mol. The molecule has 1 atom stereocenters. The lowest BCUT2D eigenvalue weighted by Gasteiger charge is -2.18. The van der Waals surface area contributed by atoms with Gasteiger partial charge in [-0.25, -0.2) is 0 Å². The van der Waals surface area contributed by atoms with Crippen LogP contribution in [0, 0.1) is 0 Å². The first-order valence-corrected chi connectivity index (χ1v) is 36.0. The van der Waals surface area contributed by atoms with Crippen LogP contribution < -0.4 is 0 Å². The Hall–Kier alpha value is -2.37. The van der Waals surface area contributed by atoms with Crippen LogP contribution >= 0.6 is 0 Å². The van der Waals surface area contributed by atoms with Crippen LogP contribution in [0.5, 0.6) is 0 Å². The molecule has 0 rings (SSSR count). The first-order chi connectivity index (χ1) is 39.5. The van der Waals surface area contributed by atoms with E-state index in [0.717, 1.165) is 70.6 Å². The Morgan fingerprint density at radius 3 is 0.725 bits per heavy atom. The summed E-state index contributed by atoms with van der Waals surface area (Å²) < 4.78 is 17.0. The molecule has 0 saturated heterocycles. The first kappa shape index (κ1) is 77.6. The van der Waals surface area contributed by atoms with Crippen LogP contribution in [-0.4, -0.2) is 37.2 Å². The molecule has 0 radical (unpaired) electrons. The fourth-order valence-corrected chi connectivity index (χ4v) is 10.9. The van der Waals surface area contributed by atoms with Gasteiger partial charge in [-0.1, -0.05) is 340 Å². The Balaban J connectivity index is 4.30. The maximum Gasteiger partial charge on any atom is 0.306 e. The van der Waals surface area contributed by atoms with Crippen LogP contribution in [-0.2, 0) is 28.6 Å². The van der Waals surface area contributed by atoms with Gasteiger partial charge in [-0.15, -0.1) is 0 Å². The summed E-state index contributed by atoms with van der Waals surface area (Å²) in [6.07, 6.45) is 86.0. The molecule has 0 aliphatic rings. The van der Waals surface area contributed by atoms with Crippen molar-refractivity contribution in [1.82, 2.24) is 0 Å². The van der Waals surface area contributed by atoms with Gasteiger partial charge in [-0.3, -0.25) is 14.4 Å². The van der Waals surface area contributed by atoms with Crippen molar-refractivity contribution < 1.29 is 28.6 Å². The Morgan fingerprint density at radius 1 is 0.250 bits per heavy atom. The zero-order valence-electron chi connectivity index (χ0n) is 54.1. The molecular weight excluding hydrogens is 985 g/mol. The number of carbonyl (C=O) groups is 3. The fourth-order valence-electron chi connectivity index (χ4n) is 10.9. The van der Waals surface area contributed by atoms with Gasteiger partial charge in [0, 0.05) is 19.3 Å². The second-order valence-corrected chi connectivity index (χ2v) is 24.5. The van der Waals surface area contributed by atoms with Gasteiger partial charge in [0.25, 0.3) is 0 Å². The largest absolute Gasteiger partial charge is 0.462 e. The van der Waals surface area contributed by atoms with Gasteiger partial charge in [-0.05, 0) is 77.0 Å². The summed E-state index contributed by atoms with van der Waals surface area (Å²) in [7, 11) is 0. The topological polar surface area (TPSA) is 78.9 Å². The number of esters is 3. The van der Waals surface area contributed by atoms with Crippen molar-refractivity contribution in [3.63, 3.8) is 0 Å². The van der Waals surface area contributed by atoms with Crippen molar-refractivity contribution in [1.29, 1.82) is 0 Å². The van der Waals surface area contributed by atoms with Gasteiger partial charge in [0.1, 0.15) is 13.2 Å². The second-order valence-electron chi connectivity index (χ2n) is 24.5. The van der Waals surface area contributed by atoms with Crippen molar-refractivity contribution in [2.75, 3.05) is 13.2 Å². The summed E-state index contributed by atoms with van der Waals surface area (Å²) in [4.78, 5) is 38.5. The lowest BCUT2D eigenvalue weighted by molar-refractivity contribution is -0.167. The standard InChI is InChI=1S/C74H138O6/c1-4-7-10-13-16-19-22-25-28-31-33-35-37-39-40-43-46-49-52-55-58-61-64-67-73(76)79-70-71(69-78-72(75)66-63-60-57-54-51-48-45-42-30-27-24-21-18-15-12-9-6-3)80-74(77)68-65-62-59-56-53-50-47-44-41-38-36-34-32-29-26-23-20-17-14-11-8-5-2/h18,21,27,30-31,33,71H,4-17,19-20,22-26,28-29,32,34-70H2,1-3H3/b21-18-,30-27-,33-31-. The summed E-state index contributed by atoms with van der Waals surface area (Å²) >= 11 is 0. The Morgan fingerprint density at radius 2 is 0.450 bits per heavy atom. The lowest BCUT2D eigenvalue weighted by Crippen LogP contribution is -2.30. The van der Waals surface area contributed by atoms with Gasteiger partial charge < -0.3 is 14.2 Å². The summed E-state index contributed by atoms with van der Waals surface area (Å²) in [5.41, 5.74) is 0. The van der Waals surface area contributed by atoms with E-state index in [1.165, 1.54) is 289 Å². The van der Waals surface area contributed by atoms with Gasteiger partial charge in [0.2, 0.25) is 0 Å². The number of ether oxygens (including phenoxy) is 3. The third-order valence-corrected chi connectivity index (χ3v) is 16.4. The van der Waals surface area contributed by atoms with E-state index < -0.39 is 6.10 Å². The van der Waals surface area contributed by atoms with E-state index in [1.807, 2.05) is 0 Å². The minimum atomic E-state index is -0.775. The third kappa shape index (κ3) is 66.4. The Labute approximate surface area is 499 Å². The minimum Gasteiger partial charge on any atom is -0.462 e. The highest BCUT2D eigenvalue weighted by molar-refractivity contribution is 5.71. The van der Waals surface area contributed by atoms with Crippen LogP contribution in [0.1, 0.15) is 400 Å². The smallest absolute Gasteiger partial charge is 0.306 e. The molecular formula is C74H138O6. The Kier molecular flexibility index (Phi) is 67.1. The summed E-state index contributed by atoms with van der Waals surface area (Å²) in [6, 6.07) is 0. The highest BCUT2D eigenvalue weighted by Crippen LogP contribution is 2.19. The van der Waals surface area contributed by atoms with Crippen LogP contribution in [0.25, 0.3) is 0 Å². The quantitative estimate of drug-likeness (QED) is 0.0261. The summed E-state index contributed by atoms with van der Waals surface area (Å²) in [6.45, 7) is 6.69. The highest BCUT2D eigenvalue weighted by atomic mass is 16.6. The van der Waals surface area contributed by atoms with E-state index in [0.29, 0.717) is 19.3 Å². The maximum atomic E-state index is 13.0. The molecule has 0 amide bonds. The van der Waals surface area contributed by atoms with Gasteiger partial charge in [0.05, 0.1) is 0 Å². The number of carbonyl (C=O) groups excluding carboxylic acids is 3. The van der Waals surface area contributed by atoms with Crippen LogP contribution in [0.2, 0.25) is 0 Å². The zero-order chi connectivity index (χ0) is 57.8. The van der Waals surface area contributed by atoms with Crippen LogP contribution in [0.3, 0.4) is 0 Å². The molecule has 0 aliphatic carbocycles. The maximum absolute atomic E-state index is 13.0. The van der Waals surface area contributed by atoms with E-state index in [1.54, 1.807) is 0 Å². The zero-order valence-corrected chi connectivity index (χ0v) is 54.1. The monoisotopic (exact) mass is 1120 g/mol. The van der Waals surface area contributed by atoms with E-state index >= 15 is 0 Å². The van der Waals surface area contributed by atoms with Gasteiger partial charge in [-0.2, -0.15) is 0 Å². The van der Waals surface area contributed by atoms with E-state index in [4.69, 9.17) is 14.2 Å². The first-order valence-electron chi connectivity index (χ1n) is 36.0. The van der Waals surface area contributed by atoms with Crippen molar-refractivity contribution in [3.8, 4) is 0 Å².